The Hall–Kier alpha value is -1.81. The van der Waals surface area contributed by atoms with Crippen LogP contribution < -0.4 is 9.47 Å². The van der Waals surface area contributed by atoms with E-state index in [2.05, 4.69) is 20.9 Å². The van der Waals surface area contributed by atoms with Gasteiger partial charge in [0, 0.05) is 16.3 Å². The van der Waals surface area contributed by atoms with E-state index >= 15 is 0 Å². The molecule has 2 aromatic rings. The van der Waals surface area contributed by atoms with E-state index < -0.39 is 0 Å². The van der Waals surface area contributed by atoms with Crippen LogP contribution in [-0.4, -0.2) is 20.4 Å². The van der Waals surface area contributed by atoms with E-state index in [9.17, 15) is 0 Å². The van der Waals surface area contributed by atoms with Crippen molar-refractivity contribution in [2.75, 3.05) is 14.2 Å². The summed E-state index contributed by atoms with van der Waals surface area (Å²) in [7, 11) is 3.27. The monoisotopic (exact) mass is 319 g/mol. The molecule has 0 aromatic heterocycles. The minimum Gasteiger partial charge on any atom is -0.497 e. The third kappa shape index (κ3) is 3.35. The fourth-order valence-electron chi connectivity index (χ4n) is 1.64. The Balaban J connectivity index is 2.34. The summed E-state index contributed by atoms with van der Waals surface area (Å²) in [5.74, 6) is 1.53. The van der Waals surface area contributed by atoms with Gasteiger partial charge < -0.3 is 9.47 Å². The fourth-order valence-corrected chi connectivity index (χ4v) is 2.02. The highest BCUT2D eigenvalue weighted by molar-refractivity contribution is 9.10. The SMILES string of the molecule is COc1ccc(OC)c(C=Nc2ccccc2Br)c1. The van der Waals surface area contributed by atoms with Gasteiger partial charge in [-0.2, -0.15) is 0 Å². The minimum atomic E-state index is 0.761. The summed E-state index contributed by atoms with van der Waals surface area (Å²) in [6, 6.07) is 13.4. The maximum Gasteiger partial charge on any atom is 0.127 e. The maximum atomic E-state index is 5.30. The zero-order valence-electron chi connectivity index (χ0n) is 10.8. The minimum absolute atomic E-state index is 0.761. The molecule has 0 radical (unpaired) electrons. The van der Waals surface area contributed by atoms with Gasteiger partial charge in [-0.25, -0.2) is 0 Å². The number of methoxy groups -OCH3 is 2. The van der Waals surface area contributed by atoms with Crippen LogP contribution in [0.25, 0.3) is 0 Å². The lowest BCUT2D eigenvalue weighted by Gasteiger charge is -2.06. The fraction of sp³-hybridized carbons (Fsp3) is 0.133. The summed E-state index contributed by atoms with van der Waals surface area (Å²) >= 11 is 3.46. The molecule has 2 rings (SSSR count). The number of benzene rings is 2. The van der Waals surface area contributed by atoms with Crippen LogP contribution in [0.1, 0.15) is 5.56 Å². The van der Waals surface area contributed by atoms with E-state index in [0.717, 1.165) is 27.2 Å². The predicted molar refractivity (Wildman–Crippen MR) is 80.9 cm³/mol. The van der Waals surface area contributed by atoms with Crippen LogP contribution in [0.15, 0.2) is 51.9 Å². The van der Waals surface area contributed by atoms with Crippen molar-refractivity contribution in [2.45, 2.75) is 0 Å². The van der Waals surface area contributed by atoms with Crippen molar-refractivity contribution in [3.8, 4) is 11.5 Å². The van der Waals surface area contributed by atoms with Crippen molar-refractivity contribution in [3.63, 3.8) is 0 Å². The quantitative estimate of drug-likeness (QED) is 0.790. The Morgan fingerprint density at radius 2 is 1.84 bits per heavy atom. The van der Waals surface area contributed by atoms with Gasteiger partial charge in [-0.1, -0.05) is 12.1 Å². The molecule has 2 aromatic carbocycles. The third-order valence-corrected chi connectivity index (χ3v) is 3.30. The lowest BCUT2D eigenvalue weighted by molar-refractivity contribution is 0.402. The molecular formula is C15H14BrNO2. The van der Waals surface area contributed by atoms with Gasteiger partial charge in [0.2, 0.25) is 0 Å². The molecule has 0 saturated heterocycles. The van der Waals surface area contributed by atoms with Crippen molar-refractivity contribution in [3.05, 3.63) is 52.5 Å². The highest BCUT2D eigenvalue weighted by atomic mass is 79.9. The van der Waals surface area contributed by atoms with Crippen LogP contribution in [0.4, 0.5) is 5.69 Å². The summed E-state index contributed by atoms with van der Waals surface area (Å²) < 4.78 is 11.5. The van der Waals surface area contributed by atoms with Crippen LogP contribution >= 0.6 is 15.9 Å². The maximum absolute atomic E-state index is 5.30. The number of hydrogen-bond donors (Lipinski definition) is 0. The molecule has 0 aliphatic heterocycles. The molecule has 98 valence electrons. The zero-order valence-corrected chi connectivity index (χ0v) is 12.3. The third-order valence-electron chi connectivity index (χ3n) is 2.63. The average molecular weight is 320 g/mol. The number of halogens is 1. The largest absolute Gasteiger partial charge is 0.497 e. The molecule has 0 amide bonds. The second kappa shape index (κ2) is 6.38. The van der Waals surface area contributed by atoms with Gasteiger partial charge >= 0.3 is 0 Å². The molecule has 0 spiro atoms. The first-order valence-electron chi connectivity index (χ1n) is 5.75. The number of aliphatic imine (C=N–C) groups is 1. The summed E-state index contributed by atoms with van der Waals surface area (Å²) in [6.45, 7) is 0. The normalized spacial score (nSPS) is 10.7. The number of ether oxygens (including phenoxy) is 2. The molecule has 0 unspecified atom stereocenters. The molecule has 4 heteroatoms. The Labute approximate surface area is 121 Å². The first-order chi connectivity index (χ1) is 9.24. The highest BCUT2D eigenvalue weighted by Gasteiger charge is 2.03. The van der Waals surface area contributed by atoms with E-state index in [-0.39, 0.29) is 0 Å². The summed E-state index contributed by atoms with van der Waals surface area (Å²) in [4.78, 5) is 4.45. The van der Waals surface area contributed by atoms with Crippen LogP contribution in [0.3, 0.4) is 0 Å². The van der Waals surface area contributed by atoms with Gasteiger partial charge in [0.05, 0.1) is 19.9 Å². The van der Waals surface area contributed by atoms with E-state index in [4.69, 9.17) is 9.47 Å². The van der Waals surface area contributed by atoms with Crippen molar-refractivity contribution in [1.29, 1.82) is 0 Å². The van der Waals surface area contributed by atoms with Crippen molar-refractivity contribution < 1.29 is 9.47 Å². The number of rotatable bonds is 4. The van der Waals surface area contributed by atoms with Gasteiger partial charge in [-0.3, -0.25) is 4.99 Å². The number of nitrogens with zero attached hydrogens (tertiary/aromatic N) is 1. The Morgan fingerprint density at radius 3 is 2.53 bits per heavy atom. The molecule has 0 atom stereocenters. The summed E-state index contributed by atoms with van der Waals surface area (Å²) in [6.07, 6.45) is 1.77. The average Bonchev–Trinajstić information content (AvgIpc) is 2.46. The number of para-hydroxylation sites is 1. The first kappa shape index (κ1) is 13.6. The second-order valence-electron chi connectivity index (χ2n) is 3.82. The molecule has 0 aliphatic carbocycles. The molecule has 0 aliphatic rings. The van der Waals surface area contributed by atoms with Crippen LogP contribution in [0.2, 0.25) is 0 Å². The van der Waals surface area contributed by atoms with Crippen LogP contribution in [-0.2, 0) is 0 Å². The molecular weight excluding hydrogens is 306 g/mol. The van der Waals surface area contributed by atoms with E-state index in [1.54, 1.807) is 20.4 Å². The molecule has 0 bridgehead atoms. The highest BCUT2D eigenvalue weighted by Crippen LogP contribution is 2.26. The van der Waals surface area contributed by atoms with Crippen molar-refractivity contribution in [1.82, 2.24) is 0 Å². The van der Waals surface area contributed by atoms with E-state index in [1.807, 2.05) is 42.5 Å². The molecule has 19 heavy (non-hydrogen) atoms. The predicted octanol–water partition coefficient (Wildman–Crippen LogP) is 4.22. The Morgan fingerprint density at radius 1 is 1.05 bits per heavy atom. The zero-order chi connectivity index (χ0) is 13.7. The first-order valence-corrected chi connectivity index (χ1v) is 6.54. The molecule has 0 heterocycles. The summed E-state index contributed by atoms with van der Waals surface area (Å²) in [5.41, 5.74) is 1.74. The smallest absolute Gasteiger partial charge is 0.127 e. The molecule has 0 fully saturated rings. The van der Waals surface area contributed by atoms with Crippen LogP contribution in [0.5, 0.6) is 11.5 Å². The second-order valence-corrected chi connectivity index (χ2v) is 4.67. The van der Waals surface area contributed by atoms with Crippen LogP contribution in [0, 0.1) is 0 Å². The molecule has 0 N–H and O–H groups in total. The molecule has 0 saturated carbocycles. The van der Waals surface area contributed by atoms with Gasteiger partial charge in [0.15, 0.2) is 0 Å². The van der Waals surface area contributed by atoms with Crippen molar-refractivity contribution in [2.24, 2.45) is 4.99 Å². The van der Waals surface area contributed by atoms with Gasteiger partial charge in [0.1, 0.15) is 11.5 Å². The van der Waals surface area contributed by atoms with Gasteiger partial charge in [-0.05, 0) is 46.3 Å². The topological polar surface area (TPSA) is 30.8 Å². The lowest BCUT2D eigenvalue weighted by Crippen LogP contribution is -1.92. The number of hydrogen-bond acceptors (Lipinski definition) is 3. The van der Waals surface area contributed by atoms with E-state index in [1.165, 1.54) is 0 Å². The van der Waals surface area contributed by atoms with Crippen molar-refractivity contribution >= 4 is 27.8 Å². The summed E-state index contributed by atoms with van der Waals surface area (Å²) in [5, 5.41) is 0. The lowest BCUT2D eigenvalue weighted by atomic mass is 10.2. The standard InChI is InChI=1S/C15H14BrNO2/c1-18-12-7-8-15(19-2)11(9-12)10-17-14-6-4-3-5-13(14)16/h3-10H,1-2H3. The molecule has 3 nitrogen and oxygen atoms in total. The van der Waals surface area contributed by atoms with Gasteiger partial charge in [-0.15, -0.1) is 0 Å². The Kier molecular flexibility index (Phi) is 4.58. The van der Waals surface area contributed by atoms with Gasteiger partial charge in [0.25, 0.3) is 0 Å². The Bertz CT molecular complexity index is 596. The van der Waals surface area contributed by atoms with E-state index in [0.29, 0.717) is 0 Å².